The Labute approximate surface area is 181 Å². The topological polar surface area (TPSA) is 114 Å². The van der Waals surface area contributed by atoms with Gasteiger partial charge in [0.05, 0.1) is 19.1 Å². The molecule has 2 aromatic rings. The van der Waals surface area contributed by atoms with Gasteiger partial charge in [-0.1, -0.05) is 0 Å². The number of hydrogen-bond acceptors (Lipinski definition) is 6. The highest BCUT2D eigenvalue weighted by Crippen LogP contribution is 2.33. The molecule has 1 fully saturated rings. The fraction of sp³-hybridized carbons (Fsp3) is 0.333. The Morgan fingerprint density at radius 3 is 2.16 bits per heavy atom. The molecular formula is C21H25N3O6S. The molecule has 9 nitrogen and oxygen atoms in total. The quantitative estimate of drug-likeness (QED) is 0.674. The minimum Gasteiger partial charge on any atom is -0.493 e. The molecule has 1 saturated heterocycles. The van der Waals surface area contributed by atoms with E-state index in [1.165, 1.54) is 43.6 Å². The summed E-state index contributed by atoms with van der Waals surface area (Å²) in [5.74, 6) is 0.107. The van der Waals surface area contributed by atoms with Crippen molar-refractivity contribution in [3.8, 4) is 11.5 Å². The molecule has 10 heteroatoms. The fourth-order valence-corrected chi connectivity index (χ4v) is 5.14. The van der Waals surface area contributed by atoms with Crippen LogP contribution in [-0.2, 0) is 19.6 Å². The van der Waals surface area contributed by atoms with Gasteiger partial charge in [-0.2, -0.15) is 4.31 Å². The summed E-state index contributed by atoms with van der Waals surface area (Å²) < 4.78 is 38.0. The summed E-state index contributed by atoms with van der Waals surface area (Å²) in [4.78, 5) is 24.0. The molecule has 0 radical (unpaired) electrons. The summed E-state index contributed by atoms with van der Waals surface area (Å²) in [6.07, 6.45) is 0.994. The third kappa shape index (κ3) is 4.97. The highest BCUT2D eigenvalue weighted by Gasteiger charge is 2.39. The predicted molar refractivity (Wildman–Crippen MR) is 116 cm³/mol. The van der Waals surface area contributed by atoms with E-state index in [4.69, 9.17) is 9.47 Å². The Balaban J connectivity index is 1.78. The smallest absolute Gasteiger partial charge is 0.243 e. The second-order valence-electron chi connectivity index (χ2n) is 7.04. The van der Waals surface area contributed by atoms with Gasteiger partial charge in [0.15, 0.2) is 11.5 Å². The number of anilines is 2. The number of amides is 2. The van der Waals surface area contributed by atoms with Crippen LogP contribution in [0.3, 0.4) is 0 Å². The Hall–Kier alpha value is -3.11. The monoisotopic (exact) mass is 447 g/mol. The minimum atomic E-state index is -3.91. The van der Waals surface area contributed by atoms with Crippen molar-refractivity contribution in [2.75, 3.05) is 31.4 Å². The Bertz CT molecular complexity index is 1070. The zero-order valence-corrected chi connectivity index (χ0v) is 18.4. The van der Waals surface area contributed by atoms with Crippen molar-refractivity contribution in [2.45, 2.75) is 30.7 Å². The van der Waals surface area contributed by atoms with E-state index in [0.29, 0.717) is 35.7 Å². The van der Waals surface area contributed by atoms with E-state index in [1.54, 1.807) is 24.3 Å². The number of methoxy groups -OCH3 is 2. The molecule has 0 aliphatic carbocycles. The SMILES string of the molecule is COc1ccc(S(=O)(=O)N2CCCC2C(=O)Nc2ccc(NC(C)=O)cc2)cc1OC. The summed E-state index contributed by atoms with van der Waals surface area (Å²) in [7, 11) is -1.02. The van der Waals surface area contributed by atoms with E-state index in [2.05, 4.69) is 10.6 Å². The standard InChI is InChI=1S/C21H25N3O6S/c1-14(25)22-15-6-8-16(9-7-15)23-21(26)18-5-4-12-24(18)31(27,28)17-10-11-19(29-2)20(13-17)30-3/h6-11,13,18H,4-5,12H2,1-3H3,(H,22,25)(H,23,26). The van der Waals surface area contributed by atoms with Crippen molar-refractivity contribution in [1.29, 1.82) is 0 Å². The molecule has 1 aliphatic rings. The van der Waals surface area contributed by atoms with Crippen LogP contribution in [0.5, 0.6) is 11.5 Å². The second kappa shape index (κ2) is 9.36. The summed E-state index contributed by atoms with van der Waals surface area (Å²) in [5.41, 5.74) is 1.11. The van der Waals surface area contributed by atoms with Crippen LogP contribution in [0.4, 0.5) is 11.4 Å². The van der Waals surface area contributed by atoms with E-state index < -0.39 is 22.0 Å². The number of rotatable bonds is 7. The van der Waals surface area contributed by atoms with Gasteiger partial charge in [0, 0.05) is 30.9 Å². The van der Waals surface area contributed by atoms with Crippen molar-refractivity contribution in [3.63, 3.8) is 0 Å². The van der Waals surface area contributed by atoms with Crippen LogP contribution in [0.2, 0.25) is 0 Å². The third-order valence-electron chi connectivity index (χ3n) is 4.94. The largest absolute Gasteiger partial charge is 0.493 e. The molecule has 166 valence electrons. The molecule has 3 rings (SSSR count). The summed E-state index contributed by atoms with van der Waals surface area (Å²) in [6.45, 7) is 1.65. The average molecular weight is 448 g/mol. The molecule has 1 aliphatic heterocycles. The van der Waals surface area contributed by atoms with Crippen LogP contribution >= 0.6 is 0 Å². The van der Waals surface area contributed by atoms with Crippen LogP contribution in [-0.4, -0.2) is 51.3 Å². The van der Waals surface area contributed by atoms with Gasteiger partial charge >= 0.3 is 0 Å². The highest BCUT2D eigenvalue weighted by atomic mass is 32.2. The minimum absolute atomic E-state index is 0.0320. The number of nitrogens with one attached hydrogen (secondary N) is 2. The first-order valence-electron chi connectivity index (χ1n) is 9.68. The summed E-state index contributed by atoms with van der Waals surface area (Å²) in [6, 6.07) is 10.1. The van der Waals surface area contributed by atoms with Crippen molar-refractivity contribution in [1.82, 2.24) is 4.31 Å². The van der Waals surface area contributed by atoms with Crippen LogP contribution in [0.15, 0.2) is 47.4 Å². The van der Waals surface area contributed by atoms with Gasteiger partial charge in [0.1, 0.15) is 6.04 Å². The number of carbonyl (C=O) groups is 2. The number of ether oxygens (including phenoxy) is 2. The highest BCUT2D eigenvalue weighted by molar-refractivity contribution is 7.89. The maximum Gasteiger partial charge on any atom is 0.243 e. The van der Waals surface area contributed by atoms with Crippen LogP contribution in [0.25, 0.3) is 0 Å². The molecule has 1 atom stereocenters. The van der Waals surface area contributed by atoms with Gasteiger partial charge in [-0.25, -0.2) is 8.42 Å². The maximum absolute atomic E-state index is 13.2. The van der Waals surface area contributed by atoms with Crippen molar-refractivity contribution < 1.29 is 27.5 Å². The maximum atomic E-state index is 13.2. The lowest BCUT2D eigenvalue weighted by Crippen LogP contribution is -2.43. The Kier molecular flexibility index (Phi) is 6.81. The number of nitrogens with zero attached hydrogens (tertiary/aromatic N) is 1. The van der Waals surface area contributed by atoms with Crippen molar-refractivity contribution in [2.24, 2.45) is 0 Å². The normalized spacial score (nSPS) is 16.5. The number of hydrogen-bond donors (Lipinski definition) is 2. The predicted octanol–water partition coefficient (Wildman–Crippen LogP) is 2.45. The molecule has 0 spiro atoms. The fourth-order valence-electron chi connectivity index (χ4n) is 3.47. The average Bonchev–Trinajstić information content (AvgIpc) is 3.25. The molecule has 0 saturated carbocycles. The van der Waals surface area contributed by atoms with E-state index in [0.717, 1.165) is 0 Å². The lowest BCUT2D eigenvalue weighted by Gasteiger charge is -2.24. The van der Waals surface area contributed by atoms with Crippen LogP contribution in [0, 0.1) is 0 Å². The molecule has 0 bridgehead atoms. The first-order valence-corrected chi connectivity index (χ1v) is 11.1. The van der Waals surface area contributed by atoms with Gasteiger partial charge in [-0.3, -0.25) is 9.59 Å². The number of sulfonamides is 1. The molecule has 2 amide bonds. The third-order valence-corrected chi connectivity index (χ3v) is 6.84. The molecular weight excluding hydrogens is 422 g/mol. The lowest BCUT2D eigenvalue weighted by atomic mass is 10.2. The summed E-state index contributed by atoms with van der Waals surface area (Å²) in [5, 5.41) is 5.40. The summed E-state index contributed by atoms with van der Waals surface area (Å²) >= 11 is 0. The van der Waals surface area contributed by atoms with Crippen molar-refractivity contribution >= 4 is 33.2 Å². The van der Waals surface area contributed by atoms with Gasteiger partial charge in [0.25, 0.3) is 0 Å². The molecule has 2 aromatic carbocycles. The van der Waals surface area contributed by atoms with Crippen molar-refractivity contribution in [3.05, 3.63) is 42.5 Å². The van der Waals surface area contributed by atoms with Crippen LogP contribution in [0.1, 0.15) is 19.8 Å². The van der Waals surface area contributed by atoms with Gasteiger partial charge in [-0.05, 0) is 49.2 Å². The second-order valence-corrected chi connectivity index (χ2v) is 8.93. The lowest BCUT2D eigenvalue weighted by molar-refractivity contribution is -0.119. The zero-order valence-electron chi connectivity index (χ0n) is 17.5. The first-order chi connectivity index (χ1) is 14.8. The zero-order chi connectivity index (χ0) is 22.6. The molecule has 31 heavy (non-hydrogen) atoms. The molecule has 0 aromatic heterocycles. The van der Waals surface area contributed by atoms with Gasteiger partial charge in [0.2, 0.25) is 21.8 Å². The Morgan fingerprint density at radius 1 is 0.968 bits per heavy atom. The first kappa shape index (κ1) is 22.6. The number of carbonyl (C=O) groups excluding carboxylic acids is 2. The van der Waals surface area contributed by atoms with E-state index in [9.17, 15) is 18.0 Å². The van der Waals surface area contributed by atoms with E-state index in [-0.39, 0.29) is 17.3 Å². The van der Waals surface area contributed by atoms with Gasteiger partial charge < -0.3 is 20.1 Å². The Morgan fingerprint density at radius 2 is 1.58 bits per heavy atom. The van der Waals surface area contributed by atoms with Gasteiger partial charge in [-0.15, -0.1) is 0 Å². The van der Waals surface area contributed by atoms with E-state index in [1.807, 2.05) is 0 Å². The molecule has 1 unspecified atom stereocenters. The molecule has 1 heterocycles. The molecule has 2 N–H and O–H groups in total. The van der Waals surface area contributed by atoms with Crippen LogP contribution < -0.4 is 20.1 Å². The number of benzene rings is 2. The van der Waals surface area contributed by atoms with E-state index >= 15 is 0 Å².